The molecular weight excluding hydrogens is 749 g/mol. The zero-order chi connectivity index (χ0) is 40.1. The number of carbonyl (C=O) groups excluding carboxylic acids is 2. The molecule has 2 amide bonds. The van der Waals surface area contributed by atoms with E-state index < -0.39 is 58.8 Å². The number of ether oxygens (including phenoxy) is 1. The normalized spacial score (nSPS) is 23.2. The Kier molecular flexibility index (Phi) is 10.1. The summed E-state index contributed by atoms with van der Waals surface area (Å²) < 4.78 is 75.2. The van der Waals surface area contributed by atoms with Crippen LogP contribution in [0.1, 0.15) is 76.6 Å². The van der Waals surface area contributed by atoms with Crippen LogP contribution in [0, 0.1) is 17.3 Å². The summed E-state index contributed by atoms with van der Waals surface area (Å²) in [7, 11) is 0. The number of hydrogen-bond donors (Lipinski definition) is 4. The minimum atomic E-state index is -4.79. The molecule has 3 atom stereocenters. The van der Waals surface area contributed by atoms with Crippen LogP contribution < -0.4 is 22.3 Å². The van der Waals surface area contributed by atoms with Gasteiger partial charge < -0.3 is 21.2 Å². The van der Waals surface area contributed by atoms with E-state index in [1.54, 1.807) is 18.2 Å². The lowest BCUT2D eigenvalue weighted by Crippen LogP contribution is -2.51. The molecule has 0 radical (unpaired) electrons. The molecule has 0 spiro atoms. The second-order valence-corrected chi connectivity index (χ2v) is 14.9. The highest BCUT2D eigenvalue weighted by atomic mass is 35.5. The molecule has 55 heavy (non-hydrogen) atoms. The average Bonchev–Trinajstić information content (AvgIpc) is 3.91. The van der Waals surface area contributed by atoms with Gasteiger partial charge in [-0.05, 0) is 63.3 Å². The third-order valence-corrected chi connectivity index (χ3v) is 10.3. The third kappa shape index (κ3) is 7.32. The Morgan fingerprint density at radius 3 is 2.40 bits per heavy atom. The molecule has 1 unspecified atom stereocenters. The third-order valence-electron chi connectivity index (χ3n) is 10.00. The first kappa shape index (κ1) is 39.5. The van der Waals surface area contributed by atoms with Crippen LogP contribution in [-0.2, 0) is 20.6 Å². The largest absolute Gasteiger partial charge is 0.443 e. The summed E-state index contributed by atoms with van der Waals surface area (Å²) in [6, 6.07) is 10.5. The number of amidine groups is 1. The Labute approximate surface area is 318 Å². The Balaban J connectivity index is 1.48. The first-order valence-corrected chi connectivity index (χ1v) is 17.7. The van der Waals surface area contributed by atoms with E-state index in [9.17, 15) is 26.7 Å². The summed E-state index contributed by atoms with van der Waals surface area (Å²) in [4.78, 5) is 38.3. The fourth-order valence-corrected chi connectivity index (χ4v) is 6.44. The van der Waals surface area contributed by atoms with Gasteiger partial charge in [-0.15, -0.1) is 0 Å². The van der Waals surface area contributed by atoms with Crippen LogP contribution in [0.15, 0.2) is 64.8 Å². The van der Waals surface area contributed by atoms with Crippen LogP contribution in [0.3, 0.4) is 0 Å². The maximum Gasteiger partial charge on any atom is 0.407 e. The van der Waals surface area contributed by atoms with E-state index >= 15 is 4.79 Å². The standard InChI is InChI=1S/C37H39ClF5N9O3/c1-5-16-46-28(50-45)25-17-24(10-11-26(25)38)36(18-27(36)55-32(54)49-34(4)13-14-34)52-29(53)35(48-31(52)44,15-12-33(2,3)37(41,42)43)23-8-6-21(7-9-23)22-19-47-51(20-22)30(39)40/h6-11,17,19-20,27,30H,5,13-14,16,18,45H2,1-4H3,(H2,44,48)(H,46,50)(H,49,54)/t27-,35+,36?/m0/s1. The molecule has 18 heteroatoms. The second-order valence-electron chi connectivity index (χ2n) is 14.5. The van der Waals surface area contributed by atoms with Crippen molar-refractivity contribution in [2.45, 2.75) is 88.8 Å². The van der Waals surface area contributed by atoms with Crippen molar-refractivity contribution in [3.8, 4) is 23.0 Å². The number of nitrogens with zero attached hydrogens (tertiary/aromatic N) is 5. The van der Waals surface area contributed by atoms with Crippen molar-refractivity contribution in [1.29, 1.82) is 0 Å². The fourth-order valence-electron chi connectivity index (χ4n) is 6.23. The minimum Gasteiger partial charge on any atom is -0.443 e. The first-order valence-electron chi connectivity index (χ1n) is 17.4. The van der Waals surface area contributed by atoms with Crippen molar-refractivity contribution in [3.05, 3.63) is 76.6 Å². The predicted molar refractivity (Wildman–Crippen MR) is 194 cm³/mol. The van der Waals surface area contributed by atoms with E-state index in [-0.39, 0.29) is 22.8 Å². The number of alkyl carbamates (subject to hydrolysis) is 1. The predicted octanol–water partition coefficient (Wildman–Crippen LogP) is 6.11. The topological polar surface area (TPSA) is 165 Å². The summed E-state index contributed by atoms with van der Waals surface area (Å²) in [6.45, 7) is 3.04. The second kappa shape index (κ2) is 14.1. The maximum atomic E-state index is 15.1. The summed E-state index contributed by atoms with van der Waals surface area (Å²) >= 11 is 6.60. The number of benzene rings is 2. The van der Waals surface area contributed by atoms with Gasteiger partial charge in [0, 0.05) is 41.4 Å². The Morgan fingerprint density at radius 1 is 1.15 bits per heavy atom. The van der Waals surface area contributed by atoms with E-state index in [4.69, 9.17) is 27.9 Å². The Bertz CT molecular complexity index is 2120. The van der Waals surface area contributed by atoms with Crippen molar-refractivity contribution in [2.75, 3.05) is 6.54 Å². The van der Waals surface area contributed by atoms with E-state index in [1.807, 2.05) is 13.8 Å². The van der Waals surface area contributed by atoms with Crippen LogP contribution in [-0.4, -0.2) is 62.8 Å². The molecule has 1 aliphatic heterocycles. The molecule has 3 aliphatic rings. The molecule has 0 bridgehead atoms. The first-order chi connectivity index (χ1) is 25.8. The van der Waals surface area contributed by atoms with Gasteiger partial charge in [0.2, 0.25) is 11.5 Å². The van der Waals surface area contributed by atoms with Gasteiger partial charge in [0.05, 0.1) is 11.2 Å². The molecule has 2 heterocycles. The number of aliphatic imine (C=N–C) groups is 2. The fraction of sp³-hybridized carbons (Fsp3) is 0.432. The number of hydrogen-bond acceptors (Lipinski definition) is 8. The van der Waals surface area contributed by atoms with Crippen molar-refractivity contribution < 1.29 is 36.3 Å². The van der Waals surface area contributed by atoms with E-state index in [0.717, 1.165) is 37.8 Å². The van der Waals surface area contributed by atoms with Gasteiger partial charge in [-0.25, -0.2) is 20.3 Å². The quantitative estimate of drug-likeness (QED) is 0.0481. The van der Waals surface area contributed by atoms with E-state index in [0.29, 0.717) is 39.9 Å². The number of nitrogens with one attached hydrogen (secondary N) is 2. The lowest BCUT2D eigenvalue weighted by molar-refractivity contribution is -0.190. The van der Waals surface area contributed by atoms with Crippen LogP contribution in [0.2, 0.25) is 5.02 Å². The molecule has 6 N–H and O–H groups in total. The molecule has 3 aromatic rings. The number of nitrogens with two attached hydrogens (primary N) is 2. The molecule has 12 nitrogen and oxygen atoms in total. The zero-order valence-corrected chi connectivity index (χ0v) is 31.0. The molecule has 2 fully saturated rings. The van der Waals surface area contributed by atoms with Crippen LogP contribution >= 0.6 is 11.6 Å². The van der Waals surface area contributed by atoms with Crippen LogP contribution in [0.4, 0.5) is 26.7 Å². The molecule has 6 rings (SSSR count). The number of guanidine groups is 1. The number of alkyl halides is 5. The number of amides is 2. The van der Waals surface area contributed by atoms with Crippen molar-refractivity contribution in [2.24, 2.45) is 27.0 Å². The SMILES string of the molecule is CCCN=C(NN)c1cc(C2(N3C(=O)[C@@](C#CC(C)(C)C(F)(F)F)(c4ccc(-c5cnn(C(F)F)c5)cc4)N=C3N)C[C@@H]2OC(=O)NC2(C)CC2)ccc1Cl. The van der Waals surface area contributed by atoms with Crippen molar-refractivity contribution in [3.63, 3.8) is 0 Å². The highest BCUT2D eigenvalue weighted by Crippen LogP contribution is 2.56. The molecule has 2 aliphatic carbocycles. The van der Waals surface area contributed by atoms with Crippen molar-refractivity contribution >= 4 is 35.4 Å². The highest BCUT2D eigenvalue weighted by Gasteiger charge is 2.69. The lowest BCUT2D eigenvalue weighted by Gasteiger charge is -2.31. The van der Waals surface area contributed by atoms with Crippen LogP contribution in [0.25, 0.3) is 11.1 Å². The minimum absolute atomic E-state index is 0.0161. The van der Waals surface area contributed by atoms with Gasteiger partial charge in [0.1, 0.15) is 22.9 Å². The number of halogens is 6. The van der Waals surface area contributed by atoms with Crippen LogP contribution in [0.5, 0.6) is 0 Å². The average molecular weight is 788 g/mol. The smallest absolute Gasteiger partial charge is 0.407 e. The zero-order valence-electron chi connectivity index (χ0n) is 30.3. The summed E-state index contributed by atoms with van der Waals surface area (Å²) in [5.41, 5.74) is 3.80. The molecule has 1 aromatic heterocycles. The maximum absolute atomic E-state index is 15.1. The molecular formula is C37H39ClF5N9O3. The number of hydrazine groups is 1. The summed E-state index contributed by atoms with van der Waals surface area (Å²) in [5, 5.41) is 6.73. The number of carbonyl (C=O) groups is 2. The van der Waals surface area contributed by atoms with Gasteiger partial charge >= 0.3 is 18.8 Å². The summed E-state index contributed by atoms with van der Waals surface area (Å²) in [5.74, 6) is 9.50. The number of aromatic nitrogens is 2. The van der Waals surface area contributed by atoms with Gasteiger partial charge in [-0.2, -0.15) is 27.1 Å². The van der Waals surface area contributed by atoms with Gasteiger partial charge in [-0.1, -0.05) is 60.7 Å². The number of rotatable bonds is 10. The van der Waals surface area contributed by atoms with Gasteiger partial charge in [0.15, 0.2) is 0 Å². The Morgan fingerprint density at radius 2 is 1.82 bits per heavy atom. The molecule has 0 saturated heterocycles. The Hall–Kier alpha value is -5.21. The van der Waals surface area contributed by atoms with Crippen molar-refractivity contribution in [1.82, 2.24) is 25.4 Å². The lowest BCUT2D eigenvalue weighted by atomic mass is 9.85. The molecule has 2 saturated carbocycles. The molecule has 292 valence electrons. The van der Waals surface area contributed by atoms with Gasteiger partial charge in [0.25, 0.3) is 5.91 Å². The molecule has 2 aromatic carbocycles. The van der Waals surface area contributed by atoms with E-state index in [2.05, 4.69) is 37.7 Å². The highest BCUT2D eigenvalue weighted by molar-refractivity contribution is 6.34. The van der Waals surface area contributed by atoms with Gasteiger partial charge in [-0.3, -0.25) is 14.7 Å². The monoisotopic (exact) mass is 787 g/mol. The summed E-state index contributed by atoms with van der Waals surface area (Å²) in [6.07, 6.45) is -1.99. The van der Waals surface area contributed by atoms with E-state index in [1.165, 1.54) is 30.5 Å².